The summed E-state index contributed by atoms with van der Waals surface area (Å²) in [4.78, 5) is 9.83. The van der Waals surface area contributed by atoms with E-state index >= 15 is 0 Å². The molecule has 8 aromatic rings. The van der Waals surface area contributed by atoms with Gasteiger partial charge in [0.25, 0.3) is 0 Å². The fourth-order valence-electron chi connectivity index (χ4n) is 6.45. The van der Waals surface area contributed by atoms with Crippen molar-refractivity contribution in [1.82, 2.24) is 9.97 Å². The lowest BCUT2D eigenvalue weighted by molar-refractivity contribution is 1.38. The molecule has 196 valence electrons. The van der Waals surface area contributed by atoms with E-state index in [4.69, 9.17) is 9.97 Å². The van der Waals surface area contributed by atoms with Gasteiger partial charge in [-0.1, -0.05) is 133 Å². The Morgan fingerprint density at radius 3 is 0.929 bits per heavy atom. The van der Waals surface area contributed by atoms with Gasteiger partial charge in [0.05, 0.1) is 11.0 Å². The number of aromatic nitrogens is 2. The Hall–Kier alpha value is -5.60. The van der Waals surface area contributed by atoms with E-state index in [9.17, 15) is 0 Å². The monoisotopic (exact) mass is 534 g/mol. The number of hydrogen-bond acceptors (Lipinski definition) is 2. The summed E-state index contributed by atoms with van der Waals surface area (Å²) < 4.78 is 0. The highest BCUT2D eigenvalue weighted by Crippen LogP contribution is 2.53. The van der Waals surface area contributed by atoms with Gasteiger partial charge in [0.2, 0.25) is 0 Å². The zero-order chi connectivity index (χ0) is 27.9. The van der Waals surface area contributed by atoms with Crippen molar-refractivity contribution in [3.05, 3.63) is 158 Å². The molecular formula is C40H26N2. The van der Waals surface area contributed by atoms with Crippen LogP contribution in [0.3, 0.4) is 0 Å². The normalized spacial score (nSPS) is 11.3. The first kappa shape index (κ1) is 24.2. The fourth-order valence-corrected chi connectivity index (χ4v) is 6.45. The van der Waals surface area contributed by atoms with E-state index < -0.39 is 0 Å². The average molecular weight is 535 g/mol. The number of benzene rings is 6. The van der Waals surface area contributed by atoms with Crippen molar-refractivity contribution >= 4 is 32.6 Å². The van der Waals surface area contributed by atoms with Crippen LogP contribution in [0.15, 0.2) is 158 Å². The third-order valence-electron chi connectivity index (χ3n) is 8.13. The molecule has 0 saturated heterocycles. The summed E-state index contributed by atoms with van der Waals surface area (Å²) in [7, 11) is 0. The van der Waals surface area contributed by atoms with E-state index in [1.54, 1.807) is 0 Å². The van der Waals surface area contributed by atoms with Gasteiger partial charge in [0.1, 0.15) is 0 Å². The predicted octanol–water partition coefficient (Wildman–Crippen LogP) is 10.6. The third-order valence-corrected chi connectivity index (χ3v) is 8.13. The molecule has 42 heavy (non-hydrogen) atoms. The Kier molecular flexibility index (Phi) is 5.82. The molecule has 0 bridgehead atoms. The Labute approximate surface area is 244 Å². The van der Waals surface area contributed by atoms with E-state index in [2.05, 4.69) is 133 Å². The lowest BCUT2D eigenvalue weighted by Crippen LogP contribution is -1.99. The largest absolute Gasteiger partial charge is 0.254 e. The molecular weight excluding hydrogens is 508 g/mol. The van der Waals surface area contributed by atoms with E-state index in [-0.39, 0.29) is 0 Å². The lowest BCUT2D eigenvalue weighted by atomic mass is 9.77. The first-order chi connectivity index (χ1) is 20.9. The molecule has 6 aromatic carbocycles. The minimum atomic E-state index is 0.920. The van der Waals surface area contributed by atoms with Crippen molar-refractivity contribution in [2.45, 2.75) is 0 Å². The summed E-state index contributed by atoms with van der Waals surface area (Å²) >= 11 is 0. The Morgan fingerprint density at radius 2 is 0.595 bits per heavy atom. The van der Waals surface area contributed by atoms with Crippen molar-refractivity contribution in [2.75, 3.05) is 0 Å². The van der Waals surface area contributed by atoms with Crippen LogP contribution in [0.2, 0.25) is 0 Å². The quantitative estimate of drug-likeness (QED) is 0.210. The van der Waals surface area contributed by atoms with Crippen LogP contribution in [0.25, 0.3) is 77.1 Å². The van der Waals surface area contributed by atoms with Gasteiger partial charge in [-0.15, -0.1) is 0 Å². The molecule has 0 fully saturated rings. The highest BCUT2D eigenvalue weighted by molar-refractivity contribution is 6.34. The zero-order valence-electron chi connectivity index (χ0n) is 22.9. The topological polar surface area (TPSA) is 25.8 Å². The Morgan fingerprint density at radius 1 is 0.286 bits per heavy atom. The van der Waals surface area contributed by atoms with Crippen LogP contribution < -0.4 is 0 Å². The fraction of sp³-hybridized carbons (Fsp3) is 0. The molecule has 0 radical (unpaired) electrons. The van der Waals surface area contributed by atoms with Crippen LogP contribution in [0.5, 0.6) is 0 Å². The first-order valence-corrected chi connectivity index (χ1v) is 14.3. The van der Waals surface area contributed by atoms with E-state index in [1.165, 1.54) is 55.3 Å². The number of hydrogen-bond donors (Lipinski definition) is 0. The maximum absolute atomic E-state index is 4.92. The number of fused-ring (bicyclic) bond motifs is 6. The summed E-state index contributed by atoms with van der Waals surface area (Å²) in [5.41, 5.74) is 11.4. The first-order valence-electron chi connectivity index (χ1n) is 14.3. The van der Waals surface area contributed by atoms with Crippen LogP contribution in [0.1, 0.15) is 0 Å². The molecule has 0 aliphatic heterocycles. The lowest BCUT2D eigenvalue weighted by Gasteiger charge is -2.26. The van der Waals surface area contributed by atoms with Crippen LogP contribution in [0, 0.1) is 0 Å². The Balaban J connectivity index is 1.78. The molecule has 0 atom stereocenters. The molecule has 2 heteroatoms. The van der Waals surface area contributed by atoms with Gasteiger partial charge in [-0.05, 0) is 56.6 Å². The van der Waals surface area contributed by atoms with Crippen LogP contribution in [-0.4, -0.2) is 9.97 Å². The summed E-state index contributed by atoms with van der Waals surface area (Å²) in [5, 5.41) is 4.60. The maximum atomic E-state index is 4.92. The number of rotatable bonds is 4. The third kappa shape index (κ3) is 3.81. The second kappa shape index (κ2) is 10.1. The van der Waals surface area contributed by atoms with E-state index in [1.807, 2.05) is 24.5 Å². The van der Waals surface area contributed by atoms with Crippen LogP contribution >= 0.6 is 0 Å². The maximum Gasteiger partial charge on any atom is 0.0971 e. The molecule has 2 aromatic heterocycles. The smallest absolute Gasteiger partial charge is 0.0971 e. The highest BCUT2D eigenvalue weighted by atomic mass is 14.7. The van der Waals surface area contributed by atoms with Gasteiger partial charge in [-0.3, -0.25) is 9.97 Å². The summed E-state index contributed by atoms with van der Waals surface area (Å²) in [6, 6.07) is 51.8. The van der Waals surface area contributed by atoms with E-state index in [0.717, 1.165) is 21.8 Å². The molecule has 0 saturated carbocycles. The van der Waals surface area contributed by atoms with Crippen LogP contribution in [0.4, 0.5) is 0 Å². The van der Waals surface area contributed by atoms with Gasteiger partial charge < -0.3 is 0 Å². The summed E-state index contributed by atoms with van der Waals surface area (Å²) in [6.45, 7) is 0. The van der Waals surface area contributed by atoms with Gasteiger partial charge >= 0.3 is 0 Å². The van der Waals surface area contributed by atoms with Gasteiger partial charge in [-0.25, -0.2) is 0 Å². The molecule has 2 heterocycles. The SMILES string of the molecule is c1ccc(-c2c(-c3ccccc3)c(-c3ccccc3)c3c4cccnc4c4ncccc4c3c2-c2ccccc2)cc1. The molecule has 0 unspecified atom stereocenters. The van der Waals surface area contributed by atoms with Crippen molar-refractivity contribution in [3.63, 3.8) is 0 Å². The molecule has 0 aliphatic rings. The average Bonchev–Trinajstić information content (AvgIpc) is 3.09. The molecule has 2 nitrogen and oxygen atoms in total. The Bertz CT molecular complexity index is 2050. The van der Waals surface area contributed by atoms with Crippen molar-refractivity contribution < 1.29 is 0 Å². The molecule has 0 amide bonds. The predicted molar refractivity (Wildman–Crippen MR) is 176 cm³/mol. The summed E-state index contributed by atoms with van der Waals surface area (Å²) in [6.07, 6.45) is 3.75. The standard InChI is InChI=1S/C40H26N2/c1-5-15-27(16-6-1)33-34(28-17-7-2-8-18-28)36(30-21-11-4-12-22-30)38-32-24-14-26-42-40(32)39-31(23-13-25-41-39)37(38)35(33)29-19-9-3-10-20-29/h1-26H. The molecule has 0 aliphatic carbocycles. The van der Waals surface area contributed by atoms with Gasteiger partial charge in [0.15, 0.2) is 0 Å². The van der Waals surface area contributed by atoms with Crippen molar-refractivity contribution in [1.29, 1.82) is 0 Å². The molecule has 0 N–H and O–H groups in total. The number of nitrogens with zero attached hydrogens (tertiary/aromatic N) is 2. The van der Waals surface area contributed by atoms with Gasteiger partial charge in [0, 0.05) is 33.9 Å². The van der Waals surface area contributed by atoms with Crippen molar-refractivity contribution in [3.8, 4) is 44.5 Å². The highest BCUT2D eigenvalue weighted by Gasteiger charge is 2.27. The second-order valence-electron chi connectivity index (χ2n) is 10.5. The number of pyridine rings is 2. The molecule has 0 spiro atoms. The van der Waals surface area contributed by atoms with Crippen LogP contribution in [-0.2, 0) is 0 Å². The minimum Gasteiger partial charge on any atom is -0.254 e. The minimum absolute atomic E-state index is 0.920. The summed E-state index contributed by atoms with van der Waals surface area (Å²) in [5.74, 6) is 0. The van der Waals surface area contributed by atoms with E-state index in [0.29, 0.717) is 0 Å². The van der Waals surface area contributed by atoms with Gasteiger partial charge in [-0.2, -0.15) is 0 Å². The zero-order valence-corrected chi connectivity index (χ0v) is 22.9. The molecule has 8 rings (SSSR count). The van der Waals surface area contributed by atoms with Crippen molar-refractivity contribution in [2.24, 2.45) is 0 Å². The second-order valence-corrected chi connectivity index (χ2v) is 10.5.